The molecule has 0 aliphatic carbocycles. The van der Waals surface area contributed by atoms with Crippen LogP contribution in [-0.4, -0.2) is 12.6 Å². The van der Waals surface area contributed by atoms with E-state index in [4.69, 9.17) is 9.15 Å². The minimum absolute atomic E-state index is 0.171. The third-order valence-electron chi connectivity index (χ3n) is 3.57. The molecule has 0 radical (unpaired) electrons. The quantitative estimate of drug-likeness (QED) is 0.547. The lowest BCUT2D eigenvalue weighted by Crippen LogP contribution is -2.35. The molecule has 5 heteroatoms. The molecule has 0 N–H and O–H groups in total. The van der Waals surface area contributed by atoms with Crippen LogP contribution in [0.5, 0.6) is 5.88 Å². The van der Waals surface area contributed by atoms with Crippen LogP contribution in [-0.2, 0) is 4.74 Å². The highest BCUT2D eigenvalue weighted by atomic mass is 16.5. The first-order valence-electron chi connectivity index (χ1n) is 7.67. The van der Waals surface area contributed by atoms with Crippen molar-refractivity contribution >= 4 is 5.97 Å². The lowest BCUT2D eigenvalue weighted by atomic mass is 10.1. The van der Waals surface area contributed by atoms with E-state index in [1.165, 1.54) is 4.57 Å². The fraction of sp³-hybridized carbons (Fsp3) is 0.158. The minimum atomic E-state index is -0.759. The average Bonchev–Trinajstić information content (AvgIpc) is 2.94. The van der Waals surface area contributed by atoms with Crippen molar-refractivity contribution in [3.8, 4) is 23.0 Å². The Morgan fingerprint density at radius 1 is 1.12 bits per heavy atom. The molecule has 0 unspecified atom stereocenters. The van der Waals surface area contributed by atoms with Gasteiger partial charge in [-0.3, -0.25) is 0 Å². The number of aromatic nitrogens is 1. The second kappa shape index (κ2) is 6.58. The largest absolute Gasteiger partial charge is 0.820 e. The molecule has 0 saturated carbocycles. The number of hydrogen-bond acceptors (Lipinski definition) is 4. The van der Waals surface area contributed by atoms with Crippen molar-refractivity contribution in [2.24, 2.45) is 0 Å². The van der Waals surface area contributed by atoms with E-state index in [-0.39, 0.29) is 12.4 Å². The Balaban J connectivity index is 2.21. The molecule has 0 spiro atoms. The maximum atomic E-state index is 12.7. The number of para-hydroxylation sites is 1. The van der Waals surface area contributed by atoms with E-state index >= 15 is 0 Å². The van der Waals surface area contributed by atoms with Gasteiger partial charge in [0.1, 0.15) is 0 Å². The summed E-state index contributed by atoms with van der Waals surface area (Å²) in [6.07, 6.45) is 0. The molecule has 1 heterocycles. The number of rotatable bonds is 4. The van der Waals surface area contributed by atoms with Crippen LogP contribution in [0.4, 0.5) is 0 Å². The average molecular weight is 323 g/mol. The van der Waals surface area contributed by atoms with Crippen molar-refractivity contribution in [3.63, 3.8) is 0 Å². The van der Waals surface area contributed by atoms with E-state index in [9.17, 15) is 9.90 Å². The molecule has 1 aromatic heterocycles. The number of carbonyl (C=O) groups is 1. The molecular weight excluding hydrogens is 306 g/mol. The second-order valence-electron chi connectivity index (χ2n) is 5.30. The maximum Gasteiger partial charge on any atom is 0.386 e. The lowest BCUT2D eigenvalue weighted by molar-refractivity contribution is -0.641. The van der Waals surface area contributed by atoms with E-state index in [1.54, 1.807) is 19.1 Å². The van der Waals surface area contributed by atoms with E-state index in [1.807, 2.05) is 49.4 Å². The van der Waals surface area contributed by atoms with Crippen LogP contribution in [0.1, 0.15) is 23.0 Å². The first kappa shape index (κ1) is 15.8. The third-order valence-corrected chi connectivity index (χ3v) is 3.57. The Morgan fingerprint density at radius 2 is 1.79 bits per heavy atom. The number of hydrogen-bond donors (Lipinski definition) is 0. The summed E-state index contributed by atoms with van der Waals surface area (Å²) in [5.74, 6) is -1.31. The van der Waals surface area contributed by atoms with Crippen molar-refractivity contribution in [3.05, 3.63) is 65.9 Å². The number of esters is 1. The molecule has 0 aliphatic heterocycles. The van der Waals surface area contributed by atoms with Gasteiger partial charge >= 0.3 is 11.9 Å². The summed E-state index contributed by atoms with van der Waals surface area (Å²) in [6, 6.07) is 16.6. The molecule has 0 fully saturated rings. The molecule has 0 amide bonds. The Morgan fingerprint density at radius 3 is 2.42 bits per heavy atom. The van der Waals surface area contributed by atoms with Crippen LogP contribution < -0.4 is 9.67 Å². The van der Waals surface area contributed by atoms with E-state index < -0.39 is 11.8 Å². The van der Waals surface area contributed by atoms with Gasteiger partial charge in [-0.1, -0.05) is 35.9 Å². The van der Waals surface area contributed by atoms with Crippen LogP contribution in [0.15, 0.2) is 59.0 Å². The van der Waals surface area contributed by atoms with Gasteiger partial charge in [0.25, 0.3) is 5.76 Å². The summed E-state index contributed by atoms with van der Waals surface area (Å²) in [5, 5.41) is 12.7. The van der Waals surface area contributed by atoms with Gasteiger partial charge < -0.3 is 14.3 Å². The van der Waals surface area contributed by atoms with Gasteiger partial charge in [0.05, 0.1) is 12.2 Å². The smallest absolute Gasteiger partial charge is 0.386 e. The topological polar surface area (TPSA) is 66.4 Å². The lowest BCUT2D eigenvalue weighted by Gasteiger charge is -2.02. The molecule has 3 rings (SSSR count). The van der Waals surface area contributed by atoms with Crippen molar-refractivity contribution in [1.82, 2.24) is 0 Å². The number of nitrogens with zero attached hydrogens (tertiary/aromatic N) is 1. The standard InChI is InChI=1S/C19H17NO4/c1-3-23-19(22)16-17(21)20(15-7-5-4-6-8-15)18(24-16)14-11-9-13(2)10-12-14/h4-12H,3H2,1-2H3. The van der Waals surface area contributed by atoms with Gasteiger partial charge in [-0.2, -0.15) is 0 Å². The monoisotopic (exact) mass is 323 g/mol. The summed E-state index contributed by atoms with van der Waals surface area (Å²) >= 11 is 0. The van der Waals surface area contributed by atoms with Gasteiger partial charge in [-0.15, -0.1) is 4.57 Å². The second-order valence-corrected chi connectivity index (χ2v) is 5.30. The van der Waals surface area contributed by atoms with Crippen molar-refractivity contribution in [1.29, 1.82) is 0 Å². The first-order chi connectivity index (χ1) is 11.6. The van der Waals surface area contributed by atoms with Crippen molar-refractivity contribution < 1.29 is 23.6 Å². The van der Waals surface area contributed by atoms with Crippen LogP contribution in [0.2, 0.25) is 0 Å². The Bertz CT molecular complexity index is 851. The molecule has 0 atom stereocenters. The van der Waals surface area contributed by atoms with Gasteiger partial charge in [0.15, 0.2) is 0 Å². The van der Waals surface area contributed by atoms with Gasteiger partial charge in [0.2, 0.25) is 11.6 Å². The molecule has 2 aromatic carbocycles. The third kappa shape index (κ3) is 2.88. The number of benzene rings is 2. The minimum Gasteiger partial charge on any atom is -0.820 e. The zero-order valence-corrected chi connectivity index (χ0v) is 13.5. The Kier molecular flexibility index (Phi) is 4.33. The molecular formula is C19H17NO4. The van der Waals surface area contributed by atoms with Crippen molar-refractivity contribution in [2.45, 2.75) is 13.8 Å². The van der Waals surface area contributed by atoms with Crippen LogP contribution in [0.3, 0.4) is 0 Å². The fourth-order valence-electron chi connectivity index (χ4n) is 2.40. The van der Waals surface area contributed by atoms with Crippen molar-refractivity contribution in [2.75, 3.05) is 6.61 Å². The highest BCUT2D eigenvalue weighted by Gasteiger charge is 2.30. The summed E-state index contributed by atoms with van der Waals surface area (Å²) in [4.78, 5) is 12.0. The molecule has 0 aliphatic rings. The normalized spacial score (nSPS) is 10.6. The Hall–Kier alpha value is -3.08. The maximum absolute atomic E-state index is 12.7. The predicted molar refractivity (Wildman–Crippen MR) is 85.8 cm³/mol. The summed E-state index contributed by atoms with van der Waals surface area (Å²) in [5.41, 5.74) is 2.42. The Labute approximate surface area is 139 Å². The summed E-state index contributed by atoms with van der Waals surface area (Å²) in [6.45, 7) is 3.82. The van der Waals surface area contributed by atoms with E-state index in [2.05, 4.69) is 0 Å². The van der Waals surface area contributed by atoms with Gasteiger partial charge in [-0.25, -0.2) is 4.79 Å². The highest BCUT2D eigenvalue weighted by molar-refractivity contribution is 5.88. The predicted octanol–water partition coefficient (Wildman–Crippen LogP) is 2.78. The summed E-state index contributed by atoms with van der Waals surface area (Å²) in [7, 11) is 0. The first-order valence-corrected chi connectivity index (χ1v) is 7.67. The molecule has 24 heavy (non-hydrogen) atoms. The molecule has 5 nitrogen and oxygen atoms in total. The molecule has 0 saturated heterocycles. The number of oxazole rings is 1. The van der Waals surface area contributed by atoms with Gasteiger partial charge in [0, 0.05) is 12.1 Å². The SMILES string of the molecule is CCOC(=O)c1oc(-c2ccc(C)cc2)[n+](-c2ccccc2)c1[O-]. The zero-order chi connectivity index (χ0) is 17.1. The zero-order valence-electron chi connectivity index (χ0n) is 13.5. The fourth-order valence-corrected chi connectivity index (χ4v) is 2.40. The molecule has 0 bridgehead atoms. The van der Waals surface area contributed by atoms with E-state index in [0.717, 1.165) is 5.56 Å². The van der Waals surface area contributed by atoms with Crippen LogP contribution in [0, 0.1) is 6.92 Å². The number of carbonyl (C=O) groups excluding carboxylic acids is 1. The molecule has 122 valence electrons. The van der Waals surface area contributed by atoms with Crippen LogP contribution >= 0.6 is 0 Å². The number of ether oxygens (including phenoxy) is 1. The highest BCUT2D eigenvalue weighted by Crippen LogP contribution is 2.25. The van der Waals surface area contributed by atoms with E-state index in [0.29, 0.717) is 17.1 Å². The summed E-state index contributed by atoms with van der Waals surface area (Å²) < 4.78 is 11.9. The number of aryl methyl sites for hydroxylation is 1. The van der Waals surface area contributed by atoms with Crippen LogP contribution in [0.25, 0.3) is 17.1 Å². The molecule has 3 aromatic rings. The van der Waals surface area contributed by atoms with Gasteiger partial charge in [-0.05, 0) is 26.0 Å².